The minimum atomic E-state index is -0.394. The molecule has 0 bridgehead atoms. The van der Waals surface area contributed by atoms with Crippen LogP contribution >= 0.6 is 67.1 Å². The molecule has 0 unspecified atom stereocenters. The third-order valence-electron chi connectivity index (χ3n) is 14.9. The highest BCUT2D eigenvalue weighted by Gasteiger charge is 2.53. The standard InChI is InChI=1S/C24H32O3.C22H28O4.BI3/c1-14-8-9-18-23(3,4)10-7-11-24(18,5)19-16-12-15(2)20(26-6)17(13-25)22(16)27-21(14)19;1-12-6-7-16-21(2,3)8-5-9-22(16,4)17-13-10-15(24)18(25)14(11-23)20(13)26-19(12)17;2-1(3)4/h12-14,18H,7-11H2,1-6H3;10-12,16,24-25H,5-9H2,1-4H3;/t14-,18+,24+;12-,16+,22+;/m11./s1. The average molecular weight is 1120 g/mol. The fourth-order valence-corrected chi connectivity index (χ4v) is 12.4. The number of carbonyl (C=O) groups excluding carboxylic acids is 2. The molecule has 310 valence electrons. The van der Waals surface area contributed by atoms with Gasteiger partial charge in [0.25, 0.3) is 0 Å². The zero-order chi connectivity index (χ0) is 42.0. The second-order valence-electron chi connectivity index (χ2n) is 19.3. The van der Waals surface area contributed by atoms with E-state index in [1.807, 2.05) is 6.92 Å². The van der Waals surface area contributed by atoms with Crippen LogP contribution in [0, 0.1) is 29.6 Å². The van der Waals surface area contributed by atoms with Crippen LogP contribution < -0.4 is 4.74 Å². The lowest BCUT2D eigenvalue weighted by Crippen LogP contribution is -2.44. The number of aryl methyl sites for hydroxylation is 1. The van der Waals surface area contributed by atoms with Crippen LogP contribution in [0.2, 0.25) is 0 Å². The molecule has 6 atom stereocenters. The normalized spacial score (nSPS) is 28.4. The fourth-order valence-electron chi connectivity index (χ4n) is 12.4. The van der Waals surface area contributed by atoms with Gasteiger partial charge in [0.05, 0.1) is 12.7 Å². The summed E-state index contributed by atoms with van der Waals surface area (Å²) in [4.78, 5) is 23.5. The lowest BCUT2D eigenvalue weighted by molar-refractivity contribution is 0.0502. The van der Waals surface area contributed by atoms with E-state index in [4.69, 9.17) is 13.6 Å². The number of phenolic OH excluding ortho intramolecular Hbond substituents is 2. The number of furan rings is 2. The smallest absolute Gasteiger partial charge is 0.355 e. The number of carbonyl (C=O) groups is 2. The first-order chi connectivity index (χ1) is 26.7. The van der Waals surface area contributed by atoms with Gasteiger partial charge < -0.3 is 23.8 Å². The molecule has 8 rings (SSSR count). The van der Waals surface area contributed by atoms with E-state index in [0.717, 1.165) is 77.7 Å². The van der Waals surface area contributed by atoms with E-state index in [1.54, 1.807) is 13.2 Å². The number of phenols is 2. The number of benzene rings is 2. The SMILES string of the molecule is COc1c(C)cc2c3c(oc2c1C=O)[C@H](C)CC[C@H]1C(C)(C)CCC[C@]31C.C[C@@H]1CC[C@H]2C(C)(C)CCC[C@]2(C)c2c1oc1c(C=O)c(O)c(O)cc21.IB(I)I. The highest BCUT2D eigenvalue weighted by molar-refractivity contribution is 14.4. The number of methoxy groups -OCH3 is 1. The van der Waals surface area contributed by atoms with Gasteiger partial charge in [-0.3, -0.25) is 9.59 Å². The van der Waals surface area contributed by atoms with Crippen LogP contribution in [0.5, 0.6) is 17.2 Å². The second kappa shape index (κ2) is 16.8. The predicted octanol–water partition coefficient (Wildman–Crippen LogP) is 14.5. The van der Waals surface area contributed by atoms with Crippen molar-refractivity contribution in [2.24, 2.45) is 22.7 Å². The summed E-state index contributed by atoms with van der Waals surface area (Å²) in [7, 11) is 1.62. The summed E-state index contributed by atoms with van der Waals surface area (Å²) in [6.07, 6.45) is 13.2. The molecule has 11 heteroatoms. The molecule has 4 aliphatic carbocycles. The molecule has 2 fully saturated rings. The van der Waals surface area contributed by atoms with Crippen molar-refractivity contribution in [2.75, 3.05) is 7.11 Å². The van der Waals surface area contributed by atoms with Gasteiger partial charge in [-0.05, 0) is 109 Å². The van der Waals surface area contributed by atoms with E-state index >= 15 is 0 Å². The molecule has 0 saturated heterocycles. The molecule has 2 aromatic heterocycles. The maximum atomic E-state index is 11.9. The predicted molar refractivity (Wildman–Crippen MR) is 258 cm³/mol. The Hall–Kier alpha value is -1.49. The molecule has 0 spiro atoms. The third-order valence-corrected chi connectivity index (χ3v) is 14.9. The first kappa shape index (κ1) is 45.1. The van der Waals surface area contributed by atoms with Gasteiger partial charge >= 0.3 is 0.282 Å². The van der Waals surface area contributed by atoms with Gasteiger partial charge in [0.15, 0.2) is 24.1 Å². The first-order valence-corrected chi connectivity index (χ1v) is 24.4. The van der Waals surface area contributed by atoms with Gasteiger partial charge in [-0.15, -0.1) is 67.1 Å². The zero-order valence-corrected chi connectivity index (χ0v) is 41.8. The minimum Gasteiger partial charge on any atom is -0.504 e. The molecule has 2 saturated carbocycles. The van der Waals surface area contributed by atoms with Crippen LogP contribution in [0.25, 0.3) is 21.9 Å². The Balaban J connectivity index is 0.000000176. The largest absolute Gasteiger partial charge is 0.504 e. The van der Waals surface area contributed by atoms with E-state index in [9.17, 15) is 19.8 Å². The van der Waals surface area contributed by atoms with E-state index < -0.39 is 5.75 Å². The van der Waals surface area contributed by atoms with Gasteiger partial charge in [0.1, 0.15) is 34.0 Å². The van der Waals surface area contributed by atoms with E-state index in [-0.39, 0.29) is 33.5 Å². The third kappa shape index (κ3) is 7.84. The number of aldehydes is 2. The average Bonchev–Trinajstić information content (AvgIpc) is 3.64. The van der Waals surface area contributed by atoms with Crippen molar-refractivity contribution in [3.8, 4) is 17.2 Å². The molecule has 2 heterocycles. The summed E-state index contributed by atoms with van der Waals surface area (Å²) in [5.41, 5.74) is 5.86. The molecule has 0 amide bonds. The van der Waals surface area contributed by atoms with Gasteiger partial charge in [0, 0.05) is 33.7 Å². The fraction of sp³-hybridized carbons (Fsp3) is 0.609. The van der Waals surface area contributed by atoms with E-state index in [0.29, 0.717) is 46.4 Å². The molecule has 0 radical (unpaired) electrons. The van der Waals surface area contributed by atoms with Gasteiger partial charge in [0.2, 0.25) is 0 Å². The molecule has 2 aromatic carbocycles. The van der Waals surface area contributed by atoms with Crippen molar-refractivity contribution in [1.82, 2.24) is 0 Å². The Labute approximate surface area is 379 Å². The Bertz CT molecular complexity index is 2170. The quantitative estimate of drug-likeness (QED) is 0.0910. The topological polar surface area (TPSA) is 110 Å². The molecule has 4 aromatic rings. The number of hydrogen-bond donors (Lipinski definition) is 2. The number of hydrogen-bond acceptors (Lipinski definition) is 7. The summed E-state index contributed by atoms with van der Waals surface area (Å²) in [6.45, 7) is 20.9. The Morgan fingerprint density at radius 2 is 1.14 bits per heavy atom. The minimum absolute atomic E-state index is 0.0514. The molecule has 57 heavy (non-hydrogen) atoms. The molecule has 0 aliphatic heterocycles. The summed E-state index contributed by atoms with van der Waals surface area (Å²) >= 11 is 6.95. The van der Waals surface area contributed by atoms with Crippen molar-refractivity contribution in [3.63, 3.8) is 0 Å². The van der Waals surface area contributed by atoms with Crippen LogP contribution in [-0.4, -0.2) is 30.2 Å². The number of halogens is 3. The van der Waals surface area contributed by atoms with Gasteiger partial charge in [-0.25, -0.2) is 0 Å². The van der Waals surface area contributed by atoms with Crippen LogP contribution in [-0.2, 0) is 10.8 Å². The Morgan fingerprint density at radius 3 is 1.56 bits per heavy atom. The monoisotopic (exact) mass is 1120 g/mol. The summed E-state index contributed by atoms with van der Waals surface area (Å²) in [5, 5.41) is 22.3. The van der Waals surface area contributed by atoms with Crippen LogP contribution in [0.3, 0.4) is 0 Å². The Kier molecular flexibility index (Phi) is 13.2. The van der Waals surface area contributed by atoms with Crippen molar-refractivity contribution in [1.29, 1.82) is 0 Å². The molecular formula is C46H60BI3O7. The van der Waals surface area contributed by atoms with Crippen molar-refractivity contribution in [2.45, 2.75) is 149 Å². The number of ether oxygens (including phenoxy) is 1. The lowest BCUT2D eigenvalue weighted by atomic mass is 9.53. The summed E-state index contributed by atoms with van der Waals surface area (Å²) in [6, 6.07) is 3.77. The van der Waals surface area contributed by atoms with Crippen molar-refractivity contribution >= 4 is 102 Å². The first-order valence-electron chi connectivity index (χ1n) is 20.7. The van der Waals surface area contributed by atoms with E-state index in [2.05, 4.69) is 129 Å². The highest BCUT2D eigenvalue weighted by Crippen LogP contribution is 2.62. The van der Waals surface area contributed by atoms with Crippen molar-refractivity contribution in [3.05, 3.63) is 51.5 Å². The molecule has 7 nitrogen and oxygen atoms in total. The zero-order valence-electron chi connectivity index (χ0n) is 35.3. The second-order valence-corrected chi connectivity index (χ2v) is 30.2. The maximum Gasteiger partial charge on any atom is 0.355 e. The highest BCUT2D eigenvalue weighted by atomic mass is 127. The van der Waals surface area contributed by atoms with E-state index in [1.165, 1.54) is 37.7 Å². The van der Waals surface area contributed by atoms with Crippen LogP contribution in [0.1, 0.15) is 180 Å². The maximum absolute atomic E-state index is 11.9. The van der Waals surface area contributed by atoms with Crippen LogP contribution in [0.15, 0.2) is 21.0 Å². The summed E-state index contributed by atoms with van der Waals surface area (Å²) in [5.74, 6) is 3.79. The number of rotatable bonds is 3. The number of aromatic hydroxyl groups is 2. The molecule has 4 aliphatic rings. The van der Waals surface area contributed by atoms with Gasteiger partial charge in [-0.1, -0.05) is 68.2 Å². The summed E-state index contributed by atoms with van der Waals surface area (Å²) < 4.78 is 19.0. The number of fused-ring (bicyclic) bond motifs is 10. The van der Waals surface area contributed by atoms with Crippen LogP contribution in [0.4, 0.5) is 0 Å². The van der Waals surface area contributed by atoms with Crippen molar-refractivity contribution < 1.29 is 33.4 Å². The molecule has 2 N–H and O–H groups in total. The van der Waals surface area contributed by atoms with Gasteiger partial charge in [-0.2, -0.15) is 0 Å². The Morgan fingerprint density at radius 1 is 0.719 bits per heavy atom. The lowest BCUT2D eigenvalue weighted by Gasteiger charge is -2.50. The molecular weight excluding hydrogens is 1060 g/mol.